The summed E-state index contributed by atoms with van der Waals surface area (Å²) in [6, 6.07) is 26.5. The number of piperidine rings is 1. The lowest BCUT2D eigenvalue weighted by Crippen LogP contribution is -2.58. The normalized spacial score (nSPS) is 16.2. The first-order chi connectivity index (χ1) is 32.8. The van der Waals surface area contributed by atoms with Gasteiger partial charge >= 0.3 is 0 Å². The maximum absolute atomic E-state index is 14.0. The summed E-state index contributed by atoms with van der Waals surface area (Å²) < 4.78 is 32.6. The lowest BCUT2D eigenvalue weighted by molar-refractivity contribution is -0.144. The summed E-state index contributed by atoms with van der Waals surface area (Å²) >= 11 is 3.10. The van der Waals surface area contributed by atoms with Gasteiger partial charge in [0.25, 0.3) is 0 Å². The van der Waals surface area contributed by atoms with Crippen LogP contribution in [0.4, 0.5) is 4.39 Å². The van der Waals surface area contributed by atoms with Crippen LogP contribution in [0.5, 0.6) is 17.2 Å². The molecular weight excluding hydrogens is 902 g/mol. The zero-order chi connectivity index (χ0) is 47.8. The van der Waals surface area contributed by atoms with Crippen molar-refractivity contribution in [3.05, 3.63) is 119 Å². The van der Waals surface area contributed by atoms with Gasteiger partial charge in [-0.2, -0.15) is 0 Å². The molecule has 0 radical (unpaired) electrons. The van der Waals surface area contributed by atoms with Gasteiger partial charge in [-0.3, -0.25) is 14.4 Å². The standard InChI is InChI=1S/C53H60FN5O7S2/c1-34-48(67-33-56-34)38-9-7-35(8-10-38)31-55-51(62)44-6-5-23-59(44)52(63)50(53(2,3)4)57-46(61)32-65-29-28-64-27-26-58-24-21-37(22-25-58)36-13-18-42(19-14-36)66-47-43-20-17-41(60)30-45(43)68-49(47)39-11-15-40(54)16-12-39/h7-20,30,33,37,44,50,60H,5-6,21-29,31-32H2,1-4H3,(H,55,62)(H,57,61)/t44-,50?/m0/s1. The van der Waals surface area contributed by atoms with Gasteiger partial charge in [-0.15, -0.1) is 22.7 Å². The molecule has 2 aliphatic heterocycles. The lowest BCUT2D eigenvalue weighted by Gasteiger charge is -2.35. The Hall–Kier alpha value is -5.71. The quantitative estimate of drug-likeness (QED) is 0.0718. The zero-order valence-electron chi connectivity index (χ0n) is 39.1. The van der Waals surface area contributed by atoms with Crippen molar-refractivity contribution in [1.29, 1.82) is 0 Å². The zero-order valence-corrected chi connectivity index (χ0v) is 40.7. The molecule has 6 aromatic rings. The Balaban J connectivity index is 0.724. The van der Waals surface area contributed by atoms with Gasteiger partial charge in [0.15, 0.2) is 5.75 Å². The largest absolute Gasteiger partial charge is 0.508 e. The third-order valence-electron chi connectivity index (χ3n) is 12.7. The summed E-state index contributed by atoms with van der Waals surface area (Å²) in [5.41, 5.74) is 6.39. The second kappa shape index (κ2) is 22.1. The van der Waals surface area contributed by atoms with Crippen LogP contribution < -0.4 is 15.4 Å². The van der Waals surface area contributed by atoms with E-state index in [0.29, 0.717) is 56.6 Å². The summed E-state index contributed by atoms with van der Waals surface area (Å²) in [6.07, 6.45) is 3.32. The van der Waals surface area contributed by atoms with Crippen molar-refractivity contribution >= 4 is 50.5 Å². The van der Waals surface area contributed by atoms with E-state index in [-0.39, 0.29) is 36.6 Å². The number of rotatable bonds is 18. The number of amides is 3. The number of fused-ring (bicyclic) bond motifs is 1. The van der Waals surface area contributed by atoms with Crippen molar-refractivity contribution in [2.24, 2.45) is 5.41 Å². The molecule has 4 aromatic carbocycles. The molecular formula is C53H60FN5O7S2. The minimum Gasteiger partial charge on any atom is -0.508 e. The van der Waals surface area contributed by atoms with Crippen LogP contribution >= 0.6 is 22.7 Å². The van der Waals surface area contributed by atoms with Gasteiger partial charge in [0.2, 0.25) is 17.7 Å². The molecule has 0 spiro atoms. The number of phenols is 1. The molecule has 0 aliphatic carbocycles. The number of carbonyl (C=O) groups excluding carboxylic acids is 3. The number of thiazole rings is 1. The van der Waals surface area contributed by atoms with Gasteiger partial charge < -0.3 is 39.8 Å². The molecule has 2 aliphatic rings. The van der Waals surface area contributed by atoms with Gasteiger partial charge in [-0.1, -0.05) is 69.3 Å². The number of aromatic nitrogens is 1. The minimum absolute atomic E-state index is 0.180. The van der Waals surface area contributed by atoms with Gasteiger partial charge in [0.05, 0.1) is 40.8 Å². The fourth-order valence-corrected chi connectivity index (χ4v) is 10.9. The van der Waals surface area contributed by atoms with E-state index in [1.165, 1.54) is 29.0 Å². The topological polar surface area (TPSA) is 143 Å². The fraction of sp³-hybridized carbons (Fsp3) is 0.396. The molecule has 3 N–H and O–H groups in total. The Morgan fingerprint density at radius 3 is 2.28 bits per heavy atom. The molecule has 15 heteroatoms. The number of aryl methyl sites for hydroxylation is 1. The van der Waals surface area contributed by atoms with Crippen LogP contribution in [0.25, 0.3) is 31.0 Å². The van der Waals surface area contributed by atoms with Crippen LogP contribution in [-0.4, -0.2) is 102 Å². The number of ether oxygens (including phenoxy) is 3. The Labute approximate surface area is 405 Å². The highest BCUT2D eigenvalue weighted by Gasteiger charge is 2.42. The average Bonchev–Trinajstić information content (AvgIpc) is 4.09. The molecule has 68 heavy (non-hydrogen) atoms. The molecule has 2 saturated heterocycles. The SMILES string of the molecule is Cc1ncsc1-c1ccc(CNC(=O)[C@@H]2CCCN2C(=O)C(NC(=O)COCCOCCN2CCC(c3ccc(Oc4c(-c5ccc(F)cc5)sc5cc(O)ccc45)cc3)CC2)C(C)(C)C)cc1. The third-order valence-corrected chi connectivity index (χ3v) is 14.9. The predicted octanol–water partition coefficient (Wildman–Crippen LogP) is 9.69. The number of thiophene rings is 1. The molecule has 0 saturated carbocycles. The summed E-state index contributed by atoms with van der Waals surface area (Å²) in [6.45, 7) is 12.1. The van der Waals surface area contributed by atoms with Crippen molar-refractivity contribution in [2.45, 2.75) is 77.9 Å². The van der Waals surface area contributed by atoms with Crippen molar-refractivity contribution in [3.63, 3.8) is 0 Å². The van der Waals surface area contributed by atoms with Gasteiger partial charge in [-0.25, -0.2) is 9.37 Å². The molecule has 2 atom stereocenters. The van der Waals surface area contributed by atoms with E-state index in [4.69, 9.17) is 14.2 Å². The van der Waals surface area contributed by atoms with Gasteiger partial charge in [0.1, 0.15) is 36.0 Å². The molecule has 358 valence electrons. The number of phenolic OH excluding ortho intramolecular Hbond substituents is 1. The third kappa shape index (κ3) is 12.1. The maximum atomic E-state index is 14.0. The Morgan fingerprint density at radius 1 is 0.868 bits per heavy atom. The van der Waals surface area contributed by atoms with Crippen molar-refractivity contribution < 1.29 is 38.1 Å². The van der Waals surface area contributed by atoms with E-state index in [9.17, 15) is 23.9 Å². The summed E-state index contributed by atoms with van der Waals surface area (Å²) in [7, 11) is 0. The lowest BCUT2D eigenvalue weighted by atomic mass is 9.85. The van der Waals surface area contributed by atoms with Crippen LogP contribution in [0.3, 0.4) is 0 Å². The van der Waals surface area contributed by atoms with E-state index >= 15 is 0 Å². The molecule has 12 nitrogen and oxygen atoms in total. The fourth-order valence-electron chi connectivity index (χ4n) is 8.93. The van der Waals surface area contributed by atoms with Crippen molar-refractivity contribution in [3.8, 4) is 38.1 Å². The summed E-state index contributed by atoms with van der Waals surface area (Å²) in [5.74, 6) is 0.839. The van der Waals surface area contributed by atoms with Crippen LogP contribution in [0.15, 0.2) is 96.5 Å². The number of nitrogens with zero attached hydrogens (tertiary/aromatic N) is 3. The number of benzene rings is 4. The summed E-state index contributed by atoms with van der Waals surface area (Å²) in [5, 5.41) is 16.9. The number of likely N-dealkylation sites (tertiary alicyclic amines) is 2. The molecule has 1 unspecified atom stereocenters. The maximum Gasteiger partial charge on any atom is 0.246 e. The molecule has 8 rings (SSSR count). The molecule has 0 bridgehead atoms. The number of halogens is 1. The van der Waals surface area contributed by atoms with Gasteiger partial charge in [0, 0.05) is 29.7 Å². The first-order valence-electron chi connectivity index (χ1n) is 23.3. The number of hydrogen-bond donors (Lipinski definition) is 3. The average molecular weight is 962 g/mol. The van der Waals surface area contributed by atoms with Crippen molar-refractivity contribution in [1.82, 2.24) is 25.4 Å². The van der Waals surface area contributed by atoms with E-state index in [0.717, 1.165) is 74.7 Å². The highest BCUT2D eigenvalue weighted by atomic mass is 32.1. The molecule has 4 heterocycles. The van der Waals surface area contributed by atoms with E-state index in [2.05, 4.69) is 32.7 Å². The smallest absolute Gasteiger partial charge is 0.246 e. The van der Waals surface area contributed by atoms with Crippen LogP contribution in [0.2, 0.25) is 0 Å². The first-order valence-corrected chi connectivity index (χ1v) is 25.0. The van der Waals surface area contributed by atoms with Crippen molar-refractivity contribution in [2.75, 3.05) is 52.6 Å². The monoisotopic (exact) mass is 961 g/mol. The van der Waals surface area contributed by atoms with E-state index < -0.39 is 23.4 Å². The Bertz CT molecular complexity index is 2660. The highest BCUT2D eigenvalue weighted by molar-refractivity contribution is 7.22. The number of carbonyl (C=O) groups is 3. The number of aromatic hydroxyl groups is 1. The van der Waals surface area contributed by atoms with Crippen LogP contribution in [-0.2, 0) is 30.4 Å². The van der Waals surface area contributed by atoms with Crippen LogP contribution in [0.1, 0.15) is 69.2 Å². The Morgan fingerprint density at radius 2 is 1.57 bits per heavy atom. The second-order valence-electron chi connectivity index (χ2n) is 18.6. The number of nitrogens with one attached hydrogen (secondary N) is 2. The highest BCUT2D eigenvalue weighted by Crippen LogP contribution is 2.47. The van der Waals surface area contributed by atoms with E-state index in [1.807, 2.05) is 75.7 Å². The van der Waals surface area contributed by atoms with Crippen LogP contribution in [0, 0.1) is 18.2 Å². The predicted molar refractivity (Wildman–Crippen MR) is 266 cm³/mol. The minimum atomic E-state index is -0.831. The van der Waals surface area contributed by atoms with E-state index in [1.54, 1.807) is 40.5 Å². The first kappa shape index (κ1) is 48.7. The summed E-state index contributed by atoms with van der Waals surface area (Å²) in [4.78, 5) is 50.8. The molecule has 3 amide bonds. The molecule has 2 fully saturated rings. The second-order valence-corrected chi connectivity index (χ2v) is 20.5. The Kier molecular flexibility index (Phi) is 15.9. The van der Waals surface area contributed by atoms with Gasteiger partial charge in [-0.05, 0) is 122 Å². The number of hydrogen-bond acceptors (Lipinski definition) is 11. The molecule has 2 aromatic heterocycles.